The topological polar surface area (TPSA) is 97.8 Å². The molecule has 2 heterocycles. The number of aliphatic hydroxyl groups is 1. The largest absolute Gasteiger partial charge is 0.507 e. The highest BCUT2D eigenvalue weighted by atomic mass is 16.5. The number of methoxy groups -OCH3 is 1. The molecular weight excluding hydrogens is 548 g/mol. The number of benzene rings is 2. The third kappa shape index (κ3) is 8.30. The van der Waals surface area contributed by atoms with Gasteiger partial charge >= 0.3 is 0 Å². The van der Waals surface area contributed by atoms with Gasteiger partial charge in [-0.05, 0) is 60.7 Å². The van der Waals surface area contributed by atoms with Crippen LogP contribution in [0.4, 0.5) is 0 Å². The molecule has 2 aromatic rings. The minimum Gasteiger partial charge on any atom is -0.507 e. The molecule has 0 spiro atoms. The van der Waals surface area contributed by atoms with Crippen molar-refractivity contribution in [3.05, 3.63) is 59.2 Å². The summed E-state index contributed by atoms with van der Waals surface area (Å²) in [6.07, 6.45) is 3.79. The van der Waals surface area contributed by atoms with Gasteiger partial charge < -0.3 is 29.0 Å². The summed E-state index contributed by atoms with van der Waals surface area (Å²) in [7, 11) is 1.57. The summed E-state index contributed by atoms with van der Waals surface area (Å²) < 4.78 is 22.9. The fourth-order valence-electron chi connectivity index (χ4n) is 5.38. The van der Waals surface area contributed by atoms with Crippen LogP contribution in [-0.2, 0) is 14.3 Å². The van der Waals surface area contributed by atoms with Gasteiger partial charge in [-0.1, -0.05) is 39.7 Å². The van der Waals surface area contributed by atoms with Gasteiger partial charge in [-0.3, -0.25) is 14.5 Å². The number of ether oxygens (including phenoxy) is 4. The minimum absolute atomic E-state index is 0.0610. The second-order valence-corrected chi connectivity index (χ2v) is 11.5. The molecule has 234 valence electrons. The normalized spacial score (nSPS) is 18.8. The lowest BCUT2D eigenvalue weighted by molar-refractivity contribution is -0.140. The number of likely N-dealkylation sites (tertiary alicyclic amines) is 1. The number of morpholine rings is 1. The Morgan fingerprint density at radius 2 is 1.72 bits per heavy atom. The predicted octanol–water partition coefficient (Wildman–Crippen LogP) is 5.44. The van der Waals surface area contributed by atoms with Gasteiger partial charge in [-0.25, -0.2) is 0 Å². The van der Waals surface area contributed by atoms with Crippen LogP contribution in [0.15, 0.2) is 48.0 Å². The summed E-state index contributed by atoms with van der Waals surface area (Å²) in [5.74, 6) is 0.621. The van der Waals surface area contributed by atoms with E-state index in [-0.39, 0.29) is 11.3 Å². The summed E-state index contributed by atoms with van der Waals surface area (Å²) >= 11 is 0. The highest BCUT2D eigenvalue weighted by molar-refractivity contribution is 6.46. The van der Waals surface area contributed by atoms with Gasteiger partial charge in [0, 0.05) is 31.7 Å². The number of ketones is 1. The maximum atomic E-state index is 13.5. The predicted molar refractivity (Wildman–Crippen MR) is 166 cm³/mol. The zero-order valence-electron chi connectivity index (χ0n) is 26.0. The van der Waals surface area contributed by atoms with Crippen LogP contribution in [0.2, 0.25) is 0 Å². The first-order chi connectivity index (χ1) is 20.8. The maximum Gasteiger partial charge on any atom is 0.295 e. The number of rotatable bonds is 15. The van der Waals surface area contributed by atoms with Gasteiger partial charge in [0.1, 0.15) is 11.5 Å². The number of Topliss-reactive ketones (excluding diaryl/α,β-unsaturated/α-hetero) is 1. The Morgan fingerprint density at radius 1 is 0.977 bits per heavy atom. The summed E-state index contributed by atoms with van der Waals surface area (Å²) in [5.41, 5.74) is 1.17. The van der Waals surface area contributed by atoms with Gasteiger partial charge in [0.25, 0.3) is 11.7 Å². The van der Waals surface area contributed by atoms with Gasteiger partial charge in [0.2, 0.25) is 0 Å². The summed E-state index contributed by atoms with van der Waals surface area (Å²) in [6, 6.07) is 11.6. The summed E-state index contributed by atoms with van der Waals surface area (Å²) in [6.45, 7) is 11.6. The molecule has 2 aromatic carbocycles. The number of nitrogens with zero attached hydrogens (tertiary/aromatic N) is 2. The first-order valence-corrected chi connectivity index (χ1v) is 15.5. The van der Waals surface area contributed by atoms with E-state index in [0.717, 1.165) is 38.9 Å². The van der Waals surface area contributed by atoms with Crippen molar-refractivity contribution in [2.24, 2.45) is 5.92 Å². The van der Waals surface area contributed by atoms with Crippen LogP contribution in [0.3, 0.4) is 0 Å². The van der Waals surface area contributed by atoms with Crippen molar-refractivity contribution in [2.45, 2.75) is 52.5 Å². The highest BCUT2D eigenvalue weighted by Crippen LogP contribution is 2.42. The van der Waals surface area contributed by atoms with Gasteiger partial charge in [0.15, 0.2) is 11.5 Å². The van der Waals surface area contributed by atoms with Gasteiger partial charge in [-0.2, -0.15) is 0 Å². The molecule has 2 saturated heterocycles. The third-order valence-corrected chi connectivity index (χ3v) is 7.74. The molecule has 0 aliphatic carbocycles. The Labute approximate surface area is 255 Å². The molecule has 9 nitrogen and oxygen atoms in total. The van der Waals surface area contributed by atoms with Crippen LogP contribution in [0.1, 0.15) is 63.6 Å². The molecule has 1 N–H and O–H groups in total. The second kappa shape index (κ2) is 15.8. The van der Waals surface area contributed by atoms with E-state index in [1.807, 2.05) is 12.1 Å². The quantitative estimate of drug-likeness (QED) is 0.126. The van der Waals surface area contributed by atoms with Crippen LogP contribution < -0.4 is 14.2 Å². The Morgan fingerprint density at radius 3 is 2.40 bits per heavy atom. The van der Waals surface area contributed by atoms with E-state index in [1.54, 1.807) is 42.3 Å². The van der Waals surface area contributed by atoms with Crippen LogP contribution in [0.25, 0.3) is 5.76 Å². The fourth-order valence-corrected chi connectivity index (χ4v) is 5.38. The monoisotopic (exact) mass is 594 g/mol. The average Bonchev–Trinajstić information content (AvgIpc) is 3.27. The standard InChI is InChI=1S/C34H46N2O7/c1-5-6-7-19-42-28-14-11-26(22-29(28)40-4)31-30(32(37)25-9-12-27(13-10-25)43-23-24(2)3)33(38)34(39)36(31)16-8-15-35-17-20-41-21-18-35/h9-14,22,24,31,37H,5-8,15-21,23H2,1-4H3/b32-30+. The number of carbonyl (C=O) groups excluding carboxylic acids is 2. The molecule has 2 fully saturated rings. The molecule has 0 bridgehead atoms. The Bertz CT molecular complexity index is 1250. The number of aliphatic hydroxyl groups excluding tert-OH is 1. The SMILES string of the molecule is CCCCCOc1ccc(C2/C(=C(\O)c3ccc(OCC(C)C)cc3)C(=O)C(=O)N2CCCN2CCOCC2)cc1OC. The van der Waals surface area contributed by atoms with E-state index in [9.17, 15) is 14.7 Å². The molecule has 0 saturated carbocycles. The molecule has 0 aromatic heterocycles. The lowest BCUT2D eigenvalue weighted by Crippen LogP contribution is -2.39. The molecule has 9 heteroatoms. The van der Waals surface area contributed by atoms with E-state index in [2.05, 4.69) is 25.7 Å². The lowest BCUT2D eigenvalue weighted by atomic mass is 9.95. The molecule has 1 unspecified atom stereocenters. The number of amides is 1. The van der Waals surface area contributed by atoms with Crippen LogP contribution in [-0.4, -0.2) is 86.3 Å². The first-order valence-electron chi connectivity index (χ1n) is 15.5. The molecule has 43 heavy (non-hydrogen) atoms. The first kappa shape index (κ1) is 32.4. The number of hydrogen-bond acceptors (Lipinski definition) is 8. The average molecular weight is 595 g/mol. The molecule has 2 aliphatic rings. The van der Waals surface area contributed by atoms with Crippen LogP contribution in [0, 0.1) is 5.92 Å². The zero-order valence-corrected chi connectivity index (χ0v) is 26.0. The van der Waals surface area contributed by atoms with Crippen molar-refractivity contribution < 1.29 is 33.6 Å². The van der Waals surface area contributed by atoms with E-state index < -0.39 is 17.7 Å². The van der Waals surface area contributed by atoms with E-state index in [1.165, 1.54) is 0 Å². The van der Waals surface area contributed by atoms with Crippen LogP contribution in [0.5, 0.6) is 17.2 Å². The molecule has 4 rings (SSSR count). The van der Waals surface area contributed by atoms with Crippen molar-refractivity contribution in [1.82, 2.24) is 9.80 Å². The zero-order chi connectivity index (χ0) is 30.8. The molecule has 0 radical (unpaired) electrons. The van der Waals surface area contributed by atoms with Crippen molar-refractivity contribution in [3.63, 3.8) is 0 Å². The van der Waals surface area contributed by atoms with Crippen LogP contribution >= 0.6 is 0 Å². The molecule has 2 aliphatic heterocycles. The van der Waals surface area contributed by atoms with Gasteiger partial charge in [-0.15, -0.1) is 0 Å². The smallest absolute Gasteiger partial charge is 0.295 e. The molecular formula is C34H46N2O7. The number of unbranched alkanes of at least 4 members (excludes halogenated alkanes) is 2. The van der Waals surface area contributed by atoms with Crippen molar-refractivity contribution in [1.29, 1.82) is 0 Å². The van der Waals surface area contributed by atoms with Crippen molar-refractivity contribution >= 4 is 17.4 Å². The number of carbonyl (C=O) groups is 2. The molecule has 1 atom stereocenters. The summed E-state index contributed by atoms with van der Waals surface area (Å²) in [5, 5.41) is 11.5. The Hall–Kier alpha value is -3.56. The number of hydrogen-bond donors (Lipinski definition) is 1. The van der Waals surface area contributed by atoms with E-state index in [0.29, 0.717) is 73.7 Å². The highest BCUT2D eigenvalue weighted by Gasteiger charge is 2.46. The Kier molecular flexibility index (Phi) is 11.9. The lowest BCUT2D eigenvalue weighted by Gasteiger charge is -2.29. The fraction of sp³-hybridized carbons (Fsp3) is 0.529. The third-order valence-electron chi connectivity index (χ3n) is 7.74. The summed E-state index contributed by atoms with van der Waals surface area (Å²) in [4.78, 5) is 30.9. The maximum absolute atomic E-state index is 13.5. The Balaban J connectivity index is 1.66. The molecule has 1 amide bonds. The van der Waals surface area contributed by atoms with Gasteiger partial charge in [0.05, 0.1) is 45.2 Å². The van der Waals surface area contributed by atoms with E-state index in [4.69, 9.17) is 18.9 Å². The van der Waals surface area contributed by atoms with Crippen molar-refractivity contribution in [3.8, 4) is 17.2 Å². The van der Waals surface area contributed by atoms with E-state index >= 15 is 0 Å². The van der Waals surface area contributed by atoms with Crippen molar-refractivity contribution in [2.75, 3.05) is 59.7 Å². The minimum atomic E-state index is -0.774. The second-order valence-electron chi connectivity index (χ2n) is 11.5.